The molecule has 4 nitrogen and oxygen atoms in total. The van der Waals surface area contributed by atoms with E-state index in [1.165, 1.54) is 0 Å². The number of ether oxygens (including phenoxy) is 1. The van der Waals surface area contributed by atoms with Crippen LogP contribution in [0.1, 0.15) is 38.7 Å². The maximum absolute atomic E-state index is 11.7. The lowest BCUT2D eigenvalue weighted by molar-refractivity contribution is 0.0110. The van der Waals surface area contributed by atoms with Gasteiger partial charge < -0.3 is 9.72 Å². The molecular formula is C11H17BrN2O2. The normalized spacial score (nSPS) is 11.8. The van der Waals surface area contributed by atoms with Crippen LogP contribution in [0, 0.1) is 0 Å². The molecule has 0 fully saturated rings. The molecule has 0 aliphatic carbocycles. The number of nitrogens with zero attached hydrogens (tertiary/aromatic N) is 1. The van der Waals surface area contributed by atoms with Crippen LogP contribution in [0.4, 0.5) is 0 Å². The Balaban J connectivity index is 3.29. The first-order chi connectivity index (χ1) is 7.42. The summed E-state index contributed by atoms with van der Waals surface area (Å²) >= 11 is 3.26. The second-order valence-corrected chi connectivity index (χ2v) is 4.93. The smallest absolute Gasteiger partial charge is 0.265 e. The molecule has 0 bridgehead atoms. The van der Waals surface area contributed by atoms with Gasteiger partial charge in [0.15, 0.2) is 0 Å². The molecule has 5 heteroatoms. The zero-order chi connectivity index (χ0) is 12.3. The minimum absolute atomic E-state index is 0.154. The zero-order valence-electron chi connectivity index (χ0n) is 10.1. The van der Waals surface area contributed by atoms with E-state index in [0.717, 1.165) is 18.5 Å². The van der Waals surface area contributed by atoms with Gasteiger partial charge in [-0.2, -0.15) is 0 Å². The van der Waals surface area contributed by atoms with Gasteiger partial charge in [0, 0.05) is 7.11 Å². The van der Waals surface area contributed by atoms with E-state index < -0.39 is 5.60 Å². The summed E-state index contributed by atoms with van der Waals surface area (Å²) in [6.07, 6.45) is 1.72. The van der Waals surface area contributed by atoms with Crippen molar-refractivity contribution >= 4 is 15.9 Å². The van der Waals surface area contributed by atoms with Crippen molar-refractivity contribution in [3.05, 3.63) is 26.3 Å². The molecule has 1 heterocycles. The number of nitrogens with one attached hydrogen (secondary N) is 1. The molecule has 1 aromatic heterocycles. The van der Waals surface area contributed by atoms with Crippen molar-refractivity contribution in [2.45, 2.75) is 39.2 Å². The highest BCUT2D eigenvalue weighted by molar-refractivity contribution is 9.10. The van der Waals surface area contributed by atoms with Gasteiger partial charge in [-0.25, -0.2) is 4.98 Å². The Morgan fingerprint density at radius 3 is 2.62 bits per heavy atom. The molecule has 0 spiro atoms. The molecule has 0 aliphatic heterocycles. The van der Waals surface area contributed by atoms with Crippen molar-refractivity contribution in [3.63, 3.8) is 0 Å². The zero-order valence-corrected chi connectivity index (χ0v) is 11.6. The first-order valence-corrected chi connectivity index (χ1v) is 6.06. The van der Waals surface area contributed by atoms with E-state index >= 15 is 0 Å². The molecule has 0 saturated heterocycles. The minimum Gasteiger partial charge on any atom is -0.371 e. The van der Waals surface area contributed by atoms with Gasteiger partial charge in [0.25, 0.3) is 5.56 Å². The van der Waals surface area contributed by atoms with E-state index in [9.17, 15) is 4.79 Å². The third-order valence-electron chi connectivity index (χ3n) is 2.50. The van der Waals surface area contributed by atoms with Crippen LogP contribution >= 0.6 is 15.9 Å². The van der Waals surface area contributed by atoms with Crippen LogP contribution in [0.3, 0.4) is 0 Å². The van der Waals surface area contributed by atoms with Gasteiger partial charge in [0.05, 0.1) is 5.69 Å². The van der Waals surface area contributed by atoms with Crippen LogP contribution < -0.4 is 5.56 Å². The molecule has 90 valence electrons. The van der Waals surface area contributed by atoms with Crippen LogP contribution in [-0.2, 0) is 16.8 Å². The fourth-order valence-electron chi connectivity index (χ4n) is 1.29. The summed E-state index contributed by atoms with van der Waals surface area (Å²) in [4.78, 5) is 18.9. The van der Waals surface area contributed by atoms with Crippen LogP contribution in [0.2, 0.25) is 0 Å². The average Bonchev–Trinajstić information content (AvgIpc) is 2.24. The van der Waals surface area contributed by atoms with E-state index in [4.69, 9.17) is 4.74 Å². The molecule has 1 N–H and O–H groups in total. The Hall–Kier alpha value is -0.680. The Morgan fingerprint density at radius 2 is 2.12 bits per heavy atom. The van der Waals surface area contributed by atoms with E-state index in [0.29, 0.717) is 10.3 Å². The third kappa shape index (κ3) is 2.71. The number of aryl methyl sites for hydroxylation is 1. The summed E-state index contributed by atoms with van der Waals surface area (Å²) in [5, 5.41) is 0. The summed E-state index contributed by atoms with van der Waals surface area (Å²) in [6, 6.07) is 0. The van der Waals surface area contributed by atoms with Gasteiger partial charge >= 0.3 is 0 Å². The Kier molecular flexibility index (Phi) is 4.27. The van der Waals surface area contributed by atoms with Crippen molar-refractivity contribution in [2.24, 2.45) is 0 Å². The second kappa shape index (κ2) is 5.10. The van der Waals surface area contributed by atoms with E-state index in [-0.39, 0.29) is 5.56 Å². The molecule has 16 heavy (non-hydrogen) atoms. The molecule has 0 unspecified atom stereocenters. The van der Waals surface area contributed by atoms with E-state index in [2.05, 4.69) is 32.8 Å². The lowest BCUT2D eigenvalue weighted by atomic mass is 10.1. The highest BCUT2D eigenvalue weighted by Gasteiger charge is 2.24. The maximum atomic E-state index is 11.7. The topological polar surface area (TPSA) is 55.0 Å². The summed E-state index contributed by atoms with van der Waals surface area (Å²) in [5.74, 6) is 0.562. The standard InChI is InChI=1S/C11H17BrN2O2/c1-5-6-7-8(12)9(15)14-10(13-7)11(2,3)16-4/h5-6H2,1-4H3,(H,13,14,15). The highest BCUT2D eigenvalue weighted by Crippen LogP contribution is 2.21. The lowest BCUT2D eigenvalue weighted by Crippen LogP contribution is -2.28. The molecule has 1 aromatic rings. The molecule has 1 rings (SSSR count). The van der Waals surface area contributed by atoms with Gasteiger partial charge in [-0.15, -0.1) is 0 Å². The predicted molar refractivity (Wildman–Crippen MR) is 66.6 cm³/mol. The Morgan fingerprint density at radius 1 is 1.50 bits per heavy atom. The lowest BCUT2D eigenvalue weighted by Gasteiger charge is -2.22. The number of hydrogen-bond donors (Lipinski definition) is 1. The van der Waals surface area contributed by atoms with Crippen molar-refractivity contribution in [1.82, 2.24) is 9.97 Å². The first-order valence-electron chi connectivity index (χ1n) is 5.26. The Bertz CT molecular complexity index is 426. The average molecular weight is 289 g/mol. The molecule has 0 atom stereocenters. The fourth-order valence-corrected chi connectivity index (χ4v) is 1.68. The molecular weight excluding hydrogens is 272 g/mol. The van der Waals surface area contributed by atoms with Crippen LogP contribution in [0.15, 0.2) is 9.27 Å². The summed E-state index contributed by atoms with van der Waals surface area (Å²) in [6.45, 7) is 5.79. The van der Waals surface area contributed by atoms with Crippen LogP contribution in [0.25, 0.3) is 0 Å². The number of halogens is 1. The second-order valence-electron chi connectivity index (χ2n) is 4.14. The number of methoxy groups -OCH3 is 1. The summed E-state index contributed by atoms with van der Waals surface area (Å²) in [5.41, 5.74) is 0.0486. The van der Waals surface area contributed by atoms with Gasteiger partial charge in [-0.05, 0) is 36.2 Å². The highest BCUT2D eigenvalue weighted by atomic mass is 79.9. The van der Waals surface area contributed by atoms with Gasteiger partial charge in [-0.3, -0.25) is 4.79 Å². The molecule has 0 saturated carbocycles. The van der Waals surface area contributed by atoms with Gasteiger partial charge in [0.1, 0.15) is 15.9 Å². The number of aromatic amines is 1. The quantitative estimate of drug-likeness (QED) is 0.925. The molecule has 0 radical (unpaired) electrons. The van der Waals surface area contributed by atoms with Crippen molar-refractivity contribution < 1.29 is 4.74 Å². The van der Waals surface area contributed by atoms with Crippen molar-refractivity contribution in [1.29, 1.82) is 0 Å². The monoisotopic (exact) mass is 288 g/mol. The first kappa shape index (κ1) is 13.4. The third-order valence-corrected chi connectivity index (χ3v) is 3.32. The van der Waals surface area contributed by atoms with Crippen LogP contribution in [-0.4, -0.2) is 17.1 Å². The van der Waals surface area contributed by atoms with Crippen molar-refractivity contribution in [3.8, 4) is 0 Å². The minimum atomic E-state index is -0.581. The fraction of sp³-hybridized carbons (Fsp3) is 0.636. The summed E-state index contributed by atoms with van der Waals surface area (Å²) in [7, 11) is 1.60. The number of rotatable bonds is 4. The molecule has 0 aromatic carbocycles. The summed E-state index contributed by atoms with van der Waals surface area (Å²) < 4.78 is 5.82. The van der Waals surface area contributed by atoms with E-state index in [1.54, 1.807) is 7.11 Å². The molecule has 0 aliphatic rings. The largest absolute Gasteiger partial charge is 0.371 e. The number of H-pyrrole nitrogens is 1. The predicted octanol–water partition coefficient (Wildman–Crippen LogP) is 2.37. The number of hydrogen-bond acceptors (Lipinski definition) is 3. The molecule has 0 amide bonds. The SMILES string of the molecule is CCCc1nc(C(C)(C)OC)[nH]c(=O)c1Br. The number of aromatic nitrogens is 2. The Labute approximate surface area is 104 Å². The van der Waals surface area contributed by atoms with Crippen LogP contribution in [0.5, 0.6) is 0 Å². The van der Waals surface area contributed by atoms with Crippen molar-refractivity contribution in [2.75, 3.05) is 7.11 Å². The van der Waals surface area contributed by atoms with E-state index in [1.807, 2.05) is 13.8 Å². The maximum Gasteiger partial charge on any atom is 0.265 e. The van der Waals surface area contributed by atoms with Gasteiger partial charge in [-0.1, -0.05) is 13.3 Å². The van der Waals surface area contributed by atoms with Gasteiger partial charge in [0.2, 0.25) is 0 Å².